The summed E-state index contributed by atoms with van der Waals surface area (Å²) in [5, 5.41) is 9.59. The van der Waals surface area contributed by atoms with Gasteiger partial charge in [0, 0.05) is 12.8 Å². The van der Waals surface area contributed by atoms with E-state index in [-0.39, 0.29) is 25.2 Å². The average molecular weight is 841 g/mol. The number of esters is 2. The Hall–Kier alpha value is -2.14. The standard InChI is InChI=1S/C55H100O5/c1-3-5-7-9-11-13-15-16-17-18-19-20-21-22-23-24-25-26-27-28-29-30-31-32-33-34-35-36-37-38-40-42-44-46-48-50-55(58)60-53(51-56)52-59-54(57)49-47-45-43-41-39-14-12-10-8-6-4-2/h5,7,11,13,16-17,19-20,53,56H,3-4,6,8-10,12,14-15,18,21-52H2,1-2H3/b7-5-,13-11-,17-16-,20-19-. The average Bonchev–Trinajstić information content (AvgIpc) is 3.25. The van der Waals surface area contributed by atoms with Crippen LogP contribution in [0.5, 0.6) is 0 Å². The molecule has 0 fully saturated rings. The van der Waals surface area contributed by atoms with Gasteiger partial charge in [-0.05, 0) is 51.4 Å². The van der Waals surface area contributed by atoms with Crippen LogP contribution in [0.1, 0.15) is 271 Å². The minimum absolute atomic E-state index is 0.0603. The van der Waals surface area contributed by atoms with Crippen molar-refractivity contribution in [2.45, 2.75) is 277 Å². The summed E-state index contributed by atoms with van der Waals surface area (Å²) in [6.07, 6.45) is 66.6. The van der Waals surface area contributed by atoms with E-state index in [4.69, 9.17) is 9.47 Å². The zero-order valence-electron chi connectivity index (χ0n) is 40.0. The van der Waals surface area contributed by atoms with Crippen LogP contribution in [0.2, 0.25) is 0 Å². The molecule has 0 aliphatic rings. The molecule has 0 amide bonds. The predicted molar refractivity (Wildman–Crippen MR) is 261 cm³/mol. The van der Waals surface area contributed by atoms with Crippen molar-refractivity contribution in [3.8, 4) is 0 Å². The Kier molecular flexibility index (Phi) is 49.4. The van der Waals surface area contributed by atoms with Crippen molar-refractivity contribution < 1.29 is 24.2 Å². The summed E-state index contributed by atoms with van der Waals surface area (Å²) < 4.78 is 10.6. The van der Waals surface area contributed by atoms with E-state index in [0.29, 0.717) is 12.8 Å². The van der Waals surface area contributed by atoms with Crippen LogP contribution in [-0.4, -0.2) is 36.4 Å². The van der Waals surface area contributed by atoms with E-state index in [1.165, 1.54) is 180 Å². The van der Waals surface area contributed by atoms with Gasteiger partial charge in [-0.25, -0.2) is 0 Å². The molecule has 0 saturated carbocycles. The molecule has 0 saturated heterocycles. The van der Waals surface area contributed by atoms with Crippen molar-refractivity contribution in [2.24, 2.45) is 0 Å². The molecule has 0 radical (unpaired) electrons. The van der Waals surface area contributed by atoms with Crippen molar-refractivity contribution >= 4 is 11.9 Å². The lowest BCUT2D eigenvalue weighted by Gasteiger charge is -2.15. The molecule has 5 nitrogen and oxygen atoms in total. The number of carbonyl (C=O) groups excluding carboxylic acids is 2. The van der Waals surface area contributed by atoms with Crippen LogP contribution < -0.4 is 0 Å². The van der Waals surface area contributed by atoms with Crippen LogP contribution in [-0.2, 0) is 19.1 Å². The summed E-state index contributed by atoms with van der Waals surface area (Å²) in [5.41, 5.74) is 0. The van der Waals surface area contributed by atoms with Crippen LogP contribution in [0.25, 0.3) is 0 Å². The molecule has 1 N–H and O–H groups in total. The first-order valence-corrected chi connectivity index (χ1v) is 26.2. The lowest BCUT2D eigenvalue weighted by Crippen LogP contribution is -2.28. The molecule has 0 spiro atoms. The highest BCUT2D eigenvalue weighted by atomic mass is 16.6. The molecule has 0 aliphatic carbocycles. The molecule has 0 aromatic rings. The van der Waals surface area contributed by atoms with Crippen LogP contribution >= 0.6 is 0 Å². The van der Waals surface area contributed by atoms with Crippen LogP contribution in [0.15, 0.2) is 48.6 Å². The molecular weight excluding hydrogens is 741 g/mol. The van der Waals surface area contributed by atoms with E-state index < -0.39 is 6.10 Å². The normalized spacial score (nSPS) is 12.5. The fraction of sp³-hybridized carbons (Fsp3) is 0.818. The number of hydrogen-bond donors (Lipinski definition) is 1. The minimum atomic E-state index is -0.766. The van der Waals surface area contributed by atoms with Gasteiger partial charge in [-0.15, -0.1) is 0 Å². The van der Waals surface area contributed by atoms with E-state index in [9.17, 15) is 14.7 Å². The largest absolute Gasteiger partial charge is 0.462 e. The molecular formula is C55H100O5. The van der Waals surface area contributed by atoms with Crippen LogP contribution in [0.4, 0.5) is 0 Å². The SMILES string of the molecule is CC/C=C\C/C=C\C/C=C\C/C=C\CCCCCCCCCCCCCCCCCCCCCCCCC(=O)OC(CO)COC(=O)CCCCCCCCCCCCC. The number of aliphatic hydroxyl groups excluding tert-OH is 1. The maximum absolute atomic E-state index is 12.2. The molecule has 1 unspecified atom stereocenters. The van der Waals surface area contributed by atoms with Crippen molar-refractivity contribution in [1.82, 2.24) is 0 Å². The first kappa shape index (κ1) is 57.9. The van der Waals surface area contributed by atoms with Gasteiger partial charge in [-0.3, -0.25) is 9.59 Å². The predicted octanol–water partition coefficient (Wildman–Crippen LogP) is 17.3. The number of carbonyl (C=O) groups is 2. The Morgan fingerprint density at radius 1 is 0.400 bits per heavy atom. The zero-order valence-corrected chi connectivity index (χ0v) is 40.0. The highest BCUT2D eigenvalue weighted by Gasteiger charge is 2.16. The van der Waals surface area contributed by atoms with Crippen LogP contribution in [0.3, 0.4) is 0 Å². The first-order valence-electron chi connectivity index (χ1n) is 26.2. The molecule has 350 valence electrons. The van der Waals surface area contributed by atoms with E-state index >= 15 is 0 Å². The Labute approximate surface area is 373 Å². The van der Waals surface area contributed by atoms with E-state index in [1.807, 2.05) is 0 Å². The molecule has 0 bridgehead atoms. The highest BCUT2D eigenvalue weighted by Crippen LogP contribution is 2.17. The number of unbranched alkanes of at least 4 members (excludes halogenated alkanes) is 32. The zero-order chi connectivity index (χ0) is 43.5. The summed E-state index contributed by atoms with van der Waals surface area (Å²) in [6, 6.07) is 0. The maximum atomic E-state index is 12.2. The molecule has 0 rings (SSSR count). The summed E-state index contributed by atoms with van der Waals surface area (Å²) in [7, 11) is 0. The lowest BCUT2D eigenvalue weighted by atomic mass is 10.0. The van der Waals surface area contributed by atoms with Gasteiger partial charge in [0.15, 0.2) is 6.10 Å². The lowest BCUT2D eigenvalue weighted by molar-refractivity contribution is -0.161. The highest BCUT2D eigenvalue weighted by molar-refractivity contribution is 5.70. The van der Waals surface area contributed by atoms with Crippen LogP contribution in [0, 0.1) is 0 Å². The smallest absolute Gasteiger partial charge is 0.306 e. The van der Waals surface area contributed by atoms with Gasteiger partial charge < -0.3 is 14.6 Å². The van der Waals surface area contributed by atoms with Gasteiger partial charge in [0.05, 0.1) is 6.61 Å². The maximum Gasteiger partial charge on any atom is 0.306 e. The van der Waals surface area contributed by atoms with Gasteiger partial charge in [0.2, 0.25) is 0 Å². The molecule has 0 aliphatic heterocycles. The Bertz CT molecular complexity index is 997. The summed E-state index contributed by atoms with van der Waals surface area (Å²) in [6.45, 7) is 4.04. The van der Waals surface area contributed by atoms with E-state index in [0.717, 1.165) is 64.2 Å². The third-order valence-electron chi connectivity index (χ3n) is 11.6. The topological polar surface area (TPSA) is 72.8 Å². The van der Waals surface area contributed by atoms with Gasteiger partial charge in [-0.2, -0.15) is 0 Å². The van der Waals surface area contributed by atoms with Crippen molar-refractivity contribution in [2.75, 3.05) is 13.2 Å². The summed E-state index contributed by atoms with van der Waals surface area (Å²) >= 11 is 0. The quantitative estimate of drug-likeness (QED) is 0.0375. The van der Waals surface area contributed by atoms with Gasteiger partial charge >= 0.3 is 11.9 Å². The number of ether oxygens (including phenoxy) is 2. The Morgan fingerprint density at radius 2 is 0.717 bits per heavy atom. The summed E-state index contributed by atoms with van der Waals surface area (Å²) in [4.78, 5) is 24.3. The number of rotatable bonds is 48. The molecule has 1 atom stereocenters. The first-order chi connectivity index (χ1) is 29.6. The molecule has 0 aromatic heterocycles. The second kappa shape index (κ2) is 51.2. The molecule has 0 heterocycles. The van der Waals surface area contributed by atoms with Gasteiger partial charge in [0.1, 0.15) is 6.61 Å². The third-order valence-corrected chi connectivity index (χ3v) is 11.6. The Morgan fingerprint density at radius 3 is 1.08 bits per heavy atom. The van der Waals surface area contributed by atoms with Gasteiger partial charge in [0.25, 0.3) is 0 Å². The second-order valence-corrected chi connectivity index (χ2v) is 17.6. The second-order valence-electron chi connectivity index (χ2n) is 17.6. The fourth-order valence-corrected chi connectivity index (χ4v) is 7.73. The van der Waals surface area contributed by atoms with Gasteiger partial charge in [-0.1, -0.05) is 255 Å². The molecule has 5 heteroatoms. The van der Waals surface area contributed by atoms with Crippen molar-refractivity contribution in [3.63, 3.8) is 0 Å². The van der Waals surface area contributed by atoms with E-state index in [1.54, 1.807) is 0 Å². The third kappa shape index (κ3) is 48.5. The van der Waals surface area contributed by atoms with Crippen molar-refractivity contribution in [1.29, 1.82) is 0 Å². The monoisotopic (exact) mass is 841 g/mol. The van der Waals surface area contributed by atoms with Crippen molar-refractivity contribution in [3.05, 3.63) is 48.6 Å². The fourth-order valence-electron chi connectivity index (χ4n) is 7.73. The Balaban J connectivity index is 3.39. The minimum Gasteiger partial charge on any atom is -0.462 e. The summed E-state index contributed by atoms with van der Waals surface area (Å²) in [5.74, 6) is -0.578. The molecule has 0 aromatic carbocycles. The molecule has 60 heavy (non-hydrogen) atoms. The number of allylic oxidation sites excluding steroid dienone is 8. The number of aliphatic hydroxyl groups is 1. The van der Waals surface area contributed by atoms with E-state index in [2.05, 4.69) is 62.5 Å². The number of hydrogen-bond acceptors (Lipinski definition) is 5.